The zero-order valence-corrected chi connectivity index (χ0v) is 8.82. The van der Waals surface area contributed by atoms with Gasteiger partial charge in [0.25, 0.3) is 0 Å². The van der Waals surface area contributed by atoms with Crippen LogP contribution in [0.3, 0.4) is 0 Å². The van der Waals surface area contributed by atoms with Crippen molar-refractivity contribution in [3.63, 3.8) is 0 Å². The Morgan fingerprint density at radius 2 is 1.94 bits per heavy atom. The Morgan fingerprint density at radius 1 is 1.38 bits per heavy atom. The van der Waals surface area contributed by atoms with Crippen molar-refractivity contribution in [1.82, 2.24) is 0 Å². The van der Waals surface area contributed by atoms with E-state index in [-0.39, 0.29) is 0 Å². The highest BCUT2D eigenvalue weighted by Crippen LogP contribution is 2.22. The Labute approximate surface area is 91.3 Å². The van der Waals surface area contributed by atoms with Gasteiger partial charge in [-0.05, 0) is 0 Å². The summed E-state index contributed by atoms with van der Waals surface area (Å²) in [6, 6.07) is -1.31. The quantitative estimate of drug-likeness (QED) is 0.325. The normalized spacial score (nSPS) is 40.9. The second-order valence-electron chi connectivity index (χ2n) is 3.30. The van der Waals surface area contributed by atoms with Crippen LogP contribution in [0.2, 0.25) is 0 Å². The largest absolute Gasteiger partial charge is 0.397 e. The summed E-state index contributed by atoms with van der Waals surface area (Å²) in [5, 5.41) is 27.5. The molecule has 0 aromatic rings. The van der Waals surface area contributed by atoms with Gasteiger partial charge in [0.05, 0.1) is 12.6 Å². The molecule has 16 heavy (non-hydrogen) atoms. The predicted octanol–water partition coefficient (Wildman–Crippen LogP) is -3.43. The number of aliphatic hydroxyl groups excluding tert-OH is 3. The van der Waals surface area contributed by atoms with Gasteiger partial charge < -0.3 is 25.8 Å². The third-order valence-corrected chi connectivity index (χ3v) is 2.62. The molecule has 0 saturated carbocycles. The number of ether oxygens (including phenoxy) is 1. The van der Waals surface area contributed by atoms with Crippen molar-refractivity contribution in [1.29, 1.82) is 0 Å². The number of nitrogens with two attached hydrogens (primary N) is 1. The van der Waals surface area contributed by atoms with Gasteiger partial charge in [-0.2, -0.15) is 8.42 Å². The number of hydrogen-bond donors (Lipinski definition) is 5. The molecule has 0 aliphatic carbocycles. The van der Waals surface area contributed by atoms with E-state index < -0.39 is 47.6 Å². The SMILES string of the molecule is N[C@@H]1C(O)O[C@H](CO)[C@H](OS(=O)(=O)O)[C@H]1O. The molecule has 1 aliphatic rings. The average molecular weight is 259 g/mol. The van der Waals surface area contributed by atoms with Crippen LogP contribution in [0.5, 0.6) is 0 Å². The predicted molar refractivity (Wildman–Crippen MR) is 48.4 cm³/mol. The number of rotatable bonds is 3. The summed E-state index contributed by atoms with van der Waals surface area (Å²) in [4.78, 5) is 0. The maximum atomic E-state index is 10.5. The lowest BCUT2D eigenvalue weighted by Crippen LogP contribution is -2.62. The van der Waals surface area contributed by atoms with E-state index in [0.717, 1.165) is 0 Å². The molecular formula is C6H13NO8S. The molecule has 96 valence electrons. The van der Waals surface area contributed by atoms with Crippen LogP contribution in [-0.4, -0.2) is 65.5 Å². The van der Waals surface area contributed by atoms with Crippen molar-refractivity contribution in [3.05, 3.63) is 0 Å². The van der Waals surface area contributed by atoms with E-state index >= 15 is 0 Å². The Hall–Kier alpha value is -0.330. The fourth-order valence-corrected chi connectivity index (χ4v) is 1.88. The molecule has 1 heterocycles. The van der Waals surface area contributed by atoms with Crippen LogP contribution >= 0.6 is 0 Å². The topological polar surface area (TPSA) is 160 Å². The van der Waals surface area contributed by atoms with E-state index in [9.17, 15) is 18.6 Å². The maximum absolute atomic E-state index is 10.5. The molecule has 1 rings (SSSR count). The van der Waals surface area contributed by atoms with Crippen molar-refractivity contribution in [2.45, 2.75) is 30.6 Å². The van der Waals surface area contributed by atoms with E-state index in [1.54, 1.807) is 0 Å². The lowest BCUT2D eigenvalue weighted by molar-refractivity contribution is -0.243. The molecule has 0 radical (unpaired) electrons. The van der Waals surface area contributed by atoms with Crippen LogP contribution in [0.25, 0.3) is 0 Å². The van der Waals surface area contributed by atoms with Crippen LogP contribution in [0, 0.1) is 0 Å². The van der Waals surface area contributed by atoms with Crippen molar-refractivity contribution < 1.29 is 37.2 Å². The Bertz CT molecular complexity index is 329. The Kier molecular flexibility index (Phi) is 4.20. The van der Waals surface area contributed by atoms with Crippen molar-refractivity contribution in [3.8, 4) is 0 Å². The molecule has 1 saturated heterocycles. The van der Waals surface area contributed by atoms with Crippen molar-refractivity contribution >= 4 is 10.4 Å². The first-order chi connectivity index (χ1) is 7.26. The van der Waals surface area contributed by atoms with Gasteiger partial charge in [-0.1, -0.05) is 0 Å². The maximum Gasteiger partial charge on any atom is 0.397 e. The Balaban J connectivity index is 2.85. The highest BCUT2D eigenvalue weighted by atomic mass is 32.3. The van der Waals surface area contributed by atoms with Crippen LogP contribution in [-0.2, 0) is 19.3 Å². The fourth-order valence-electron chi connectivity index (χ4n) is 1.36. The molecule has 10 heteroatoms. The van der Waals surface area contributed by atoms with Crippen LogP contribution in [0.15, 0.2) is 0 Å². The molecular weight excluding hydrogens is 246 g/mol. The van der Waals surface area contributed by atoms with Gasteiger partial charge in [0.2, 0.25) is 0 Å². The highest BCUT2D eigenvalue weighted by Gasteiger charge is 2.45. The third-order valence-electron chi connectivity index (χ3n) is 2.15. The van der Waals surface area contributed by atoms with E-state index in [0.29, 0.717) is 0 Å². The Morgan fingerprint density at radius 3 is 2.38 bits per heavy atom. The molecule has 9 nitrogen and oxygen atoms in total. The first kappa shape index (κ1) is 13.7. The minimum absolute atomic E-state index is 0.721. The summed E-state index contributed by atoms with van der Waals surface area (Å²) in [5.74, 6) is 0. The minimum atomic E-state index is -4.83. The van der Waals surface area contributed by atoms with Crippen LogP contribution < -0.4 is 5.73 Å². The van der Waals surface area contributed by atoms with E-state index in [1.807, 2.05) is 0 Å². The van der Waals surface area contributed by atoms with Gasteiger partial charge in [0.1, 0.15) is 18.3 Å². The van der Waals surface area contributed by atoms with Crippen molar-refractivity contribution in [2.24, 2.45) is 5.73 Å². The molecule has 1 unspecified atom stereocenters. The van der Waals surface area contributed by atoms with Gasteiger partial charge in [0.15, 0.2) is 6.29 Å². The molecule has 0 spiro atoms. The van der Waals surface area contributed by atoms with Gasteiger partial charge in [-0.3, -0.25) is 4.55 Å². The number of hydrogen-bond acceptors (Lipinski definition) is 8. The molecule has 1 aliphatic heterocycles. The van der Waals surface area contributed by atoms with Gasteiger partial charge in [-0.15, -0.1) is 0 Å². The zero-order valence-electron chi connectivity index (χ0n) is 8.00. The summed E-state index contributed by atoms with van der Waals surface area (Å²) in [6.07, 6.45) is -6.07. The zero-order chi connectivity index (χ0) is 12.5. The molecule has 6 N–H and O–H groups in total. The fraction of sp³-hybridized carbons (Fsp3) is 1.00. The highest BCUT2D eigenvalue weighted by molar-refractivity contribution is 7.80. The lowest BCUT2D eigenvalue weighted by atomic mass is 9.98. The lowest BCUT2D eigenvalue weighted by Gasteiger charge is -2.39. The van der Waals surface area contributed by atoms with Gasteiger partial charge in [0, 0.05) is 0 Å². The summed E-state index contributed by atoms with van der Waals surface area (Å²) in [7, 11) is -4.83. The minimum Gasteiger partial charge on any atom is -0.394 e. The van der Waals surface area contributed by atoms with Gasteiger partial charge >= 0.3 is 10.4 Å². The van der Waals surface area contributed by atoms with E-state index in [1.165, 1.54) is 0 Å². The average Bonchev–Trinajstić information content (AvgIpc) is 2.17. The summed E-state index contributed by atoms with van der Waals surface area (Å²) < 4.78 is 38.2. The molecule has 0 bridgehead atoms. The standard InChI is InChI=1S/C6H13NO8S/c7-3-4(9)5(15-16(11,12)13)2(1-8)14-6(3)10/h2-6,8-10H,1,7H2,(H,11,12,13)/t2-,3+,4+,5+,6?/m1/s1. The van der Waals surface area contributed by atoms with Crippen molar-refractivity contribution in [2.75, 3.05) is 6.61 Å². The third kappa shape index (κ3) is 3.09. The monoisotopic (exact) mass is 259 g/mol. The second-order valence-corrected chi connectivity index (χ2v) is 4.35. The summed E-state index contributed by atoms with van der Waals surface area (Å²) in [6.45, 7) is -0.721. The summed E-state index contributed by atoms with van der Waals surface area (Å²) in [5.41, 5.74) is 5.28. The summed E-state index contributed by atoms with van der Waals surface area (Å²) >= 11 is 0. The molecule has 0 aromatic heterocycles. The molecule has 0 amide bonds. The van der Waals surface area contributed by atoms with E-state index in [2.05, 4.69) is 4.18 Å². The van der Waals surface area contributed by atoms with Crippen LogP contribution in [0.1, 0.15) is 0 Å². The smallest absolute Gasteiger partial charge is 0.394 e. The van der Waals surface area contributed by atoms with Gasteiger partial charge in [-0.25, -0.2) is 4.18 Å². The first-order valence-electron chi connectivity index (χ1n) is 4.30. The second kappa shape index (κ2) is 4.89. The molecule has 1 fully saturated rings. The van der Waals surface area contributed by atoms with E-state index in [4.69, 9.17) is 20.1 Å². The van der Waals surface area contributed by atoms with Crippen LogP contribution in [0.4, 0.5) is 0 Å². The molecule has 5 atom stereocenters. The number of aliphatic hydroxyl groups is 3. The first-order valence-corrected chi connectivity index (χ1v) is 5.66. The molecule has 0 aromatic carbocycles.